The summed E-state index contributed by atoms with van der Waals surface area (Å²) in [6, 6.07) is 5.65. The molecule has 2 aromatic rings. The number of furan rings is 1. The van der Waals surface area contributed by atoms with Crippen molar-refractivity contribution >= 4 is 6.29 Å². The molecular formula is C13H15NO2. The highest BCUT2D eigenvalue weighted by Gasteiger charge is 2.13. The standard InChI is InChI=1S/C13H15NO2/c1-3-6-14-10(2)11(9-15)8-12(14)13-5-4-7-16-13/h4-5,7-9H,3,6H2,1-2H3. The third kappa shape index (κ3) is 1.69. The van der Waals surface area contributed by atoms with E-state index in [0.717, 1.165) is 42.0 Å². The molecule has 0 saturated carbocycles. The minimum absolute atomic E-state index is 0.736. The number of nitrogens with zero attached hydrogens (tertiary/aromatic N) is 1. The number of carbonyl (C=O) groups excluding carboxylic acids is 1. The van der Waals surface area contributed by atoms with Crippen LogP contribution in [0.25, 0.3) is 11.5 Å². The van der Waals surface area contributed by atoms with E-state index in [4.69, 9.17) is 4.42 Å². The smallest absolute Gasteiger partial charge is 0.151 e. The molecule has 3 nitrogen and oxygen atoms in total. The van der Waals surface area contributed by atoms with Gasteiger partial charge in [-0.3, -0.25) is 4.79 Å². The zero-order valence-electron chi connectivity index (χ0n) is 9.56. The van der Waals surface area contributed by atoms with E-state index in [1.807, 2.05) is 25.1 Å². The zero-order chi connectivity index (χ0) is 11.5. The van der Waals surface area contributed by atoms with Gasteiger partial charge >= 0.3 is 0 Å². The molecular weight excluding hydrogens is 202 g/mol. The van der Waals surface area contributed by atoms with Crippen molar-refractivity contribution in [2.24, 2.45) is 0 Å². The summed E-state index contributed by atoms with van der Waals surface area (Å²) < 4.78 is 7.51. The minimum atomic E-state index is 0.736. The molecule has 3 heteroatoms. The maximum absolute atomic E-state index is 10.9. The van der Waals surface area contributed by atoms with Gasteiger partial charge in [-0.2, -0.15) is 0 Å². The lowest BCUT2D eigenvalue weighted by molar-refractivity contribution is 0.112. The van der Waals surface area contributed by atoms with Gasteiger partial charge in [-0.1, -0.05) is 6.92 Å². The first-order valence-corrected chi connectivity index (χ1v) is 5.47. The molecule has 0 radical (unpaired) electrons. The first-order chi connectivity index (χ1) is 7.77. The van der Waals surface area contributed by atoms with Crippen molar-refractivity contribution in [2.75, 3.05) is 0 Å². The fraction of sp³-hybridized carbons (Fsp3) is 0.308. The van der Waals surface area contributed by atoms with Gasteiger partial charge in [-0.15, -0.1) is 0 Å². The van der Waals surface area contributed by atoms with E-state index in [1.54, 1.807) is 6.26 Å². The van der Waals surface area contributed by atoms with Crippen LogP contribution in [0.5, 0.6) is 0 Å². The Morgan fingerprint density at radius 1 is 1.50 bits per heavy atom. The number of carbonyl (C=O) groups is 1. The van der Waals surface area contributed by atoms with Crippen molar-refractivity contribution in [1.82, 2.24) is 4.57 Å². The second-order valence-electron chi connectivity index (χ2n) is 3.82. The summed E-state index contributed by atoms with van der Waals surface area (Å²) >= 11 is 0. The van der Waals surface area contributed by atoms with Crippen LogP contribution in [-0.2, 0) is 6.54 Å². The van der Waals surface area contributed by atoms with Gasteiger partial charge in [0.2, 0.25) is 0 Å². The average molecular weight is 217 g/mol. The lowest BCUT2D eigenvalue weighted by Crippen LogP contribution is -2.01. The van der Waals surface area contributed by atoms with Crippen molar-refractivity contribution in [1.29, 1.82) is 0 Å². The van der Waals surface area contributed by atoms with Crippen molar-refractivity contribution in [2.45, 2.75) is 26.8 Å². The van der Waals surface area contributed by atoms with E-state index >= 15 is 0 Å². The Kier molecular flexibility index (Phi) is 2.95. The molecule has 84 valence electrons. The van der Waals surface area contributed by atoms with Crippen LogP contribution >= 0.6 is 0 Å². The molecule has 0 atom stereocenters. The molecule has 2 aromatic heterocycles. The van der Waals surface area contributed by atoms with Crippen LogP contribution in [0.1, 0.15) is 29.4 Å². The normalized spacial score (nSPS) is 10.6. The quantitative estimate of drug-likeness (QED) is 0.737. The second kappa shape index (κ2) is 4.39. The van der Waals surface area contributed by atoms with Gasteiger partial charge < -0.3 is 8.98 Å². The van der Waals surface area contributed by atoms with Gasteiger partial charge in [-0.05, 0) is 31.5 Å². The van der Waals surface area contributed by atoms with Crippen LogP contribution in [-0.4, -0.2) is 10.9 Å². The molecule has 2 rings (SSSR count). The predicted molar refractivity (Wildman–Crippen MR) is 62.5 cm³/mol. The van der Waals surface area contributed by atoms with E-state index in [9.17, 15) is 4.79 Å². The van der Waals surface area contributed by atoms with E-state index in [0.29, 0.717) is 0 Å². The number of aromatic nitrogens is 1. The maximum atomic E-state index is 10.9. The molecule has 0 saturated heterocycles. The summed E-state index contributed by atoms with van der Waals surface area (Å²) in [5, 5.41) is 0. The Morgan fingerprint density at radius 2 is 2.31 bits per heavy atom. The highest BCUT2D eigenvalue weighted by Crippen LogP contribution is 2.25. The Balaban J connectivity index is 2.55. The first kappa shape index (κ1) is 10.7. The molecule has 0 aliphatic carbocycles. The van der Waals surface area contributed by atoms with Gasteiger partial charge in [0.15, 0.2) is 6.29 Å². The van der Waals surface area contributed by atoms with Crippen LogP contribution in [0.2, 0.25) is 0 Å². The largest absolute Gasteiger partial charge is 0.463 e. The van der Waals surface area contributed by atoms with E-state index in [-0.39, 0.29) is 0 Å². The fourth-order valence-corrected chi connectivity index (χ4v) is 1.93. The lowest BCUT2D eigenvalue weighted by atomic mass is 10.2. The molecule has 0 aliphatic rings. The van der Waals surface area contributed by atoms with Crippen molar-refractivity contribution in [3.8, 4) is 11.5 Å². The number of hydrogen-bond donors (Lipinski definition) is 0. The van der Waals surface area contributed by atoms with Crippen LogP contribution in [0, 0.1) is 6.92 Å². The summed E-state index contributed by atoms with van der Waals surface area (Å²) in [6.07, 6.45) is 3.57. The molecule has 16 heavy (non-hydrogen) atoms. The third-order valence-electron chi connectivity index (χ3n) is 2.75. The van der Waals surface area contributed by atoms with Gasteiger partial charge in [0, 0.05) is 17.8 Å². The predicted octanol–water partition coefficient (Wildman–Crippen LogP) is 3.28. The number of aldehydes is 1. The fourth-order valence-electron chi connectivity index (χ4n) is 1.93. The van der Waals surface area contributed by atoms with Crippen molar-refractivity contribution < 1.29 is 9.21 Å². The van der Waals surface area contributed by atoms with Crippen LogP contribution in [0.4, 0.5) is 0 Å². The van der Waals surface area contributed by atoms with Crippen LogP contribution in [0.15, 0.2) is 28.9 Å². The van der Waals surface area contributed by atoms with Crippen LogP contribution < -0.4 is 0 Å². The summed E-state index contributed by atoms with van der Waals surface area (Å²) in [7, 11) is 0. The van der Waals surface area contributed by atoms with Crippen LogP contribution in [0.3, 0.4) is 0 Å². The van der Waals surface area contributed by atoms with E-state index in [1.165, 1.54) is 0 Å². The Morgan fingerprint density at radius 3 is 2.88 bits per heavy atom. The average Bonchev–Trinajstić information content (AvgIpc) is 2.89. The summed E-state index contributed by atoms with van der Waals surface area (Å²) in [4.78, 5) is 10.9. The lowest BCUT2D eigenvalue weighted by Gasteiger charge is -2.08. The number of hydrogen-bond acceptors (Lipinski definition) is 2. The maximum Gasteiger partial charge on any atom is 0.151 e. The van der Waals surface area contributed by atoms with Gasteiger partial charge in [-0.25, -0.2) is 0 Å². The molecule has 2 heterocycles. The van der Waals surface area contributed by atoms with E-state index in [2.05, 4.69) is 11.5 Å². The molecule has 0 aliphatic heterocycles. The first-order valence-electron chi connectivity index (χ1n) is 5.47. The third-order valence-corrected chi connectivity index (χ3v) is 2.75. The molecule has 0 spiro atoms. The Labute approximate surface area is 94.7 Å². The van der Waals surface area contributed by atoms with E-state index < -0.39 is 0 Å². The Bertz CT molecular complexity index is 480. The molecule has 0 aromatic carbocycles. The van der Waals surface area contributed by atoms with Gasteiger partial charge in [0.1, 0.15) is 5.76 Å². The molecule has 0 N–H and O–H groups in total. The SMILES string of the molecule is CCCn1c(-c2ccco2)cc(C=O)c1C. The molecule has 0 amide bonds. The second-order valence-corrected chi connectivity index (χ2v) is 3.82. The topological polar surface area (TPSA) is 35.1 Å². The Hall–Kier alpha value is -1.77. The highest BCUT2D eigenvalue weighted by molar-refractivity contribution is 5.80. The summed E-state index contributed by atoms with van der Waals surface area (Å²) in [5.74, 6) is 0.810. The van der Waals surface area contributed by atoms with Crippen molar-refractivity contribution in [3.05, 3.63) is 35.7 Å². The molecule has 0 bridgehead atoms. The number of rotatable bonds is 4. The van der Waals surface area contributed by atoms with Crippen molar-refractivity contribution in [3.63, 3.8) is 0 Å². The molecule has 0 fully saturated rings. The van der Waals surface area contributed by atoms with Gasteiger partial charge in [0.05, 0.1) is 12.0 Å². The summed E-state index contributed by atoms with van der Waals surface area (Å²) in [5.41, 5.74) is 2.72. The minimum Gasteiger partial charge on any atom is -0.463 e. The van der Waals surface area contributed by atoms with Gasteiger partial charge in [0.25, 0.3) is 0 Å². The zero-order valence-corrected chi connectivity index (χ0v) is 9.56. The molecule has 0 unspecified atom stereocenters. The monoisotopic (exact) mass is 217 g/mol. The highest BCUT2D eigenvalue weighted by atomic mass is 16.3. The summed E-state index contributed by atoms with van der Waals surface area (Å²) in [6.45, 7) is 4.98.